The number of nitrogens with one attached hydrogen (secondary N) is 1. The van der Waals surface area contributed by atoms with Crippen molar-refractivity contribution in [2.75, 3.05) is 7.11 Å². The van der Waals surface area contributed by atoms with Crippen molar-refractivity contribution in [1.82, 2.24) is 4.98 Å². The van der Waals surface area contributed by atoms with E-state index in [4.69, 9.17) is 4.74 Å². The summed E-state index contributed by atoms with van der Waals surface area (Å²) in [6.45, 7) is 2.41. The van der Waals surface area contributed by atoms with Gasteiger partial charge in [-0.05, 0) is 23.8 Å². The Morgan fingerprint density at radius 2 is 1.96 bits per heavy atom. The van der Waals surface area contributed by atoms with Crippen molar-refractivity contribution < 1.29 is 23.0 Å². The molecule has 0 saturated carbocycles. The van der Waals surface area contributed by atoms with Crippen LogP contribution in [0.15, 0.2) is 23.0 Å². The number of benzene rings is 1. The second kappa shape index (κ2) is 7.82. The summed E-state index contributed by atoms with van der Waals surface area (Å²) in [6.07, 6.45) is 2.99. The molecule has 0 radical (unpaired) electrons. The van der Waals surface area contributed by atoms with Gasteiger partial charge < -0.3 is 14.5 Å². The van der Waals surface area contributed by atoms with Gasteiger partial charge in [0.2, 0.25) is 0 Å². The molecule has 0 amide bonds. The lowest BCUT2D eigenvalue weighted by Gasteiger charge is -2.12. The third-order valence-corrected chi connectivity index (χ3v) is 4.35. The Morgan fingerprint density at radius 1 is 1.27 bits per heavy atom. The SMILES string of the molecule is COc1cc(/C=c2\s/c(=C\C(=O)C(C)(C)C)[nH]c2=O)ccc1OC(F)F. The van der Waals surface area contributed by atoms with Crippen LogP contribution in [0.5, 0.6) is 11.5 Å². The number of carbonyl (C=O) groups excluding carboxylic acids is 1. The highest BCUT2D eigenvalue weighted by atomic mass is 32.1. The highest BCUT2D eigenvalue weighted by molar-refractivity contribution is 7.07. The van der Waals surface area contributed by atoms with E-state index < -0.39 is 12.0 Å². The Kier molecular flexibility index (Phi) is 5.97. The van der Waals surface area contributed by atoms with Crippen molar-refractivity contribution in [2.24, 2.45) is 5.41 Å². The smallest absolute Gasteiger partial charge is 0.387 e. The van der Waals surface area contributed by atoms with Crippen LogP contribution in [-0.2, 0) is 4.79 Å². The third-order valence-electron chi connectivity index (χ3n) is 3.38. The van der Waals surface area contributed by atoms with Gasteiger partial charge in [-0.3, -0.25) is 9.59 Å². The van der Waals surface area contributed by atoms with Crippen molar-refractivity contribution >= 4 is 29.3 Å². The maximum atomic E-state index is 12.4. The van der Waals surface area contributed by atoms with Crippen molar-refractivity contribution in [3.05, 3.63) is 43.3 Å². The Morgan fingerprint density at radius 3 is 2.54 bits per heavy atom. The van der Waals surface area contributed by atoms with E-state index in [9.17, 15) is 18.4 Å². The van der Waals surface area contributed by atoms with E-state index in [0.29, 0.717) is 14.8 Å². The first kappa shape index (κ1) is 19.8. The van der Waals surface area contributed by atoms with Crippen LogP contribution in [0.1, 0.15) is 26.3 Å². The lowest BCUT2D eigenvalue weighted by atomic mass is 9.91. The third kappa shape index (κ3) is 5.01. The number of thiazole rings is 1. The zero-order valence-electron chi connectivity index (χ0n) is 14.8. The lowest BCUT2D eigenvalue weighted by Crippen LogP contribution is -2.22. The molecule has 0 aliphatic heterocycles. The van der Waals surface area contributed by atoms with Gasteiger partial charge >= 0.3 is 6.61 Å². The molecule has 0 spiro atoms. The minimum Gasteiger partial charge on any atom is -0.493 e. The van der Waals surface area contributed by atoms with Crippen LogP contribution in [0.4, 0.5) is 8.78 Å². The highest BCUT2D eigenvalue weighted by Crippen LogP contribution is 2.29. The van der Waals surface area contributed by atoms with E-state index in [1.807, 2.05) is 0 Å². The van der Waals surface area contributed by atoms with Gasteiger partial charge in [0.05, 0.1) is 16.3 Å². The summed E-state index contributed by atoms with van der Waals surface area (Å²) in [5.41, 5.74) is -0.307. The molecule has 0 aliphatic rings. The lowest BCUT2D eigenvalue weighted by molar-refractivity contribution is -0.120. The molecule has 0 fully saturated rings. The van der Waals surface area contributed by atoms with Gasteiger partial charge in [-0.2, -0.15) is 8.78 Å². The van der Waals surface area contributed by atoms with Crippen molar-refractivity contribution in [3.8, 4) is 11.5 Å². The fourth-order valence-corrected chi connectivity index (χ4v) is 2.86. The van der Waals surface area contributed by atoms with Crippen molar-refractivity contribution in [2.45, 2.75) is 27.4 Å². The molecule has 26 heavy (non-hydrogen) atoms. The van der Waals surface area contributed by atoms with E-state index in [1.54, 1.807) is 26.8 Å². The number of halogens is 2. The number of methoxy groups -OCH3 is 1. The molecule has 1 aromatic heterocycles. The number of hydrogen-bond donors (Lipinski definition) is 1. The topological polar surface area (TPSA) is 68.4 Å². The average molecular weight is 383 g/mol. The normalized spacial score (nSPS) is 13.3. The standard InChI is InChI=1S/C18H19F2NO4S/c1-18(2,3)14(22)9-15-21-16(23)13(26-15)8-10-5-6-11(25-17(19)20)12(7-10)24-4/h5-9,17H,1-4H3,(H,21,23)/b13-8-,15-9-. The summed E-state index contributed by atoms with van der Waals surface area (Å²) in [5, 5.41) is 0. The van der Waals surface area contributed by atoms with Gasteiger partial charge in [-0.25, -0.2) is 0 Å². The first-order valence-corrected chi connectivity index (χ1v) is 8.51. The molecular weight excluding hydrogens is 364 g/mol. The minimum absolute atomic E-state index is 0.0930. The average Bonchev–Trinajstić information content (AvgIpc) is 2.86. The Bertz CT molecular complexity index is 970. The van der Waals surface area contributed by atoms with Crippen LogP contribution in [-0.4, -0.2) is 24.5 Å². The van der Waals surface area contributed by atoms with Crippen LogP contribution in [0.25, 0.3) is 12.2 Å². The quantitative estimate of drug-likeness (QED) is 0.860. The number of ketones is 1. The van der Waals surface area contributed by atoms with Gasteiger partial charge in [0.25, 0.3) is 5.56 Å². The van der Waals surface area contributed by atoms with Gasteiger partial charge in [-0.15, -0.1) is 11.3 Å². The predicted octanol–water partition coefficient (Wildman–Crippen LogP) is 2.27. The number of aromatic amines is 1. The number of H-pyrrole nitrogens is 1. The summed E-state index contributed by atoms with van der Waals surface area (Å²) in [5.74, 6) is -0.0667. The first-order chi connectivity index (χ1) is 12.1. The summed E-state index contributed by atoms with van der Waals surface area (Å²) in [4.78, 5) is 26.8. The predicted molar refractivity (Wildman–Crippen MR) is 96.3 cm³/mol. The van der Waals surface area contributed by atoms with Crippen molar-refractivity contribution in [1.29, 1.82) is 0 Å². The monoisotopic (exact) mass is 383 g/mol. The van der Waals surface area contributed by atoms with E-state index in [1.165, 1.54) is 31.4 Å². The number of ether oxygens (including phenoxy) is 2. The molecular formula is C18H19F2NO4S. The van der Waals surface area contributed by atoms with Gasteiger partial charge in [0.15, 0.2) is 17.3 Å². The summed E-state index contributed by atoms with van der Waals surface area (Å²) < 4.78 is 35.0. The Labute approximate surface area is 152 Å². The fourth-order valence-electron chi connectivity index (χ4n) is 1.98. The van der Waals surface area contributed by atoms with Gasteiger partial charge in [0.1, 0.15) is 0 Å². The molecule has 1 aromatic carbocycles. The van der Waals surface area contributed by atoms with Crippen molar-refractivity contribution in [3.63, 3.8) is 0 Å². The molecule has 0 aliphatic carbocycles. The van der Waals surface area contributed by atoms with Crippen LogP contribution in [0.2, 0.25) is 0 Å². The number of Topliss-reactive ketones (excluding diaryl/α,β-unsaturated/α-hetero) is 1. The van der Waals surface area contributed by atoms with Crippen LogP contribution >= 0.6 is 11.3 Å². The maximum Gasteiger partial charge on any atom is 0.387 e. The summed E-state index contributed by atoms with van der Waals surface area (Å²) in [7, 11) is 1.33. The number of carbonyl (C=O) groups is 1. The molecule has 140 valence electrons. The largest absolute Gasteiger partial charge is 0.493 e. The highest BCUT2D eigenvalue weighted by Gasteiger charge is 2.18. The van der Waals surface area contributed by atoms with Gasteiger partial charge in [-0.1, -0.05) is 26.8 Å². The van der Waals surface area contributed by atoms with Crippen LogP contribution in [0.3, 0.4) is 0 Å². The summed E-state index contributed by atoms with van der Waals surface area (Å²) in [6, 6.07) is 4.36. The molecule has 1 heterocycles. The summed E-state index contributed by atoms with van der Waals surface area (Å²) >= 11 is 1.14. The zero-order valence-corrected chi connectivity index (χ0v) is 15.6. The molecule has 2 rings (SSSR count). The second-order valence-corrected chi connectivity index (χ2v) is 7.56. The molecule has 8 heteroatoms. The molecule has 0 atom stereocenters. The zero-order chi connectivity index (χ0) is 19.5. The fraction of sp³-hybridized carbons (Fsp3) is 0.333. The molecule has 2 aromatic rings. The number of alkyl halides is 2. The molecule has 0 bridgehead atoms. The van der Waals surface area contributed by atoms with Gasteiger partial charge in [0, 0.05) is 11.5 Å². The van der Waals surface area contributed by atoms with Crippen LogP contribution < -0.4 is 24.2 Å². The van der Waals surface area contributed by atoms with E-state index in [0.717, 1.165) is 11.3 Å². The molecule has 5 nitrogen and oxygen atoms in total. The minimum atomic E-state index is -2.96. The Hall–Kier alpha value is -2.48. The maximum absolute atomic E-state index is 12.4. The number of aromatic nitrogens is 1. The molecule has 0 saturated heterocycles. The molecule has 0 unspecified atom stereocenters. The second-order valence-electron chi connectivity index (χ2n) is 6.48. The molecule has 1 N–H and O–H groups in total. The van der Waals surface area contributed by atoms with E-state index in [2.05, 4.69) is 9.72 Å². The number of rotatable bonds is 5. The van der Waals surface area contributed by atoms with E-state index in [-0.39, 0.29) is 22.8 Å². The first-order valence-electron chi connectivity index (χ1n) is 7.70. The van der Waals surface area contributed by atoms with E-state index >= 15 is 0 Å². The van der Waals surface area contributed by atoms with Crippen LogP contribution in [0, 0.1) is 5.41 Å². The Balaban J connectivity index is 2.43. The number of hydrogen-bond acceptors (Lipinski definition) is 5.